The number of nitriles is 1. The molecule has 10 heteroatoms. The Morgan fingerprint density at radius 3 is 2.43 bits per heavy atom. The van der Waals surface area contributed by atoms with Crippen molar-refractivity contribution in [2.45, 2.75) is 31.9 Å². The highest BCUT2D eigenvalue weighted by atomic mass is 35.5. The highest BCUT2D eigenvalue weighted by Gasteiger charge is 2.47. The maximum atomic E-state index is 13.6. The van der Waals surface area contributed by atoms with E-state index in [1.165, 1.54) is 0 Å². The number of carbonyl (C=O) groups excluding carboxylic acids is 2. The lowest BCUT2D eigenvalue weighted by atomic mass is 10.0. The van der Waals surface area contributed by atoms with E-state index in [2.05, 4.69) is 10.4 Å². The summed E-state index contributed by atoms with van der Waals surface area (Å²) in [7, 11) is 0. The number of amides is 2. The zero-order valence-electron chi connectivity index (χ0n) is 18.8. The largest absolute Gasteiger partial charge is 0.343 e. The molecule has 0 spiro atoms. The molecule has 1 fully saturated rings. The van der Waals surface area contributed by atoms with Crippen molar-refractivity contribution in [3.05, 3.63) is 76.6 Å². The smallest absolute Gasteiger partial charge is 0.268 e. The number of carbonyl (C=O) groups is 2. The topological polar surface area (TPSA) is 91.0 Å². The Hall–Kier alpha value is -3.77. The van der Waals surface area contributed by atoms with Gasteiger partial charge in [0.25, 0.3) is 11.8 Å². The number of halogens is 3. The molecule has 3 aromatic rings. The van der Waals surface area contributed by atoms with Crippen LogP contribution >= 0.6 is 11.6 Å². The van der Waals surface area contributed by atoms with Gasteiger partial charge in [0.15, 0.2) is 0 Å². The molecule has 2 aromatic carbocycles. The average molecular weight is 498 g/mol. The third kappa shape index (κ3) is 5.66. The minimum Gasteiger partial charge on any atom is -0.343 e. The van der Waals surface area contributed by atoms with Crippen molar-refractivity contribution in [1.82, 2.24) is 20.0 Å². The number of hydrogen-bond donors (Lipinski definition) is 1. The fraction of sp³-hybridized carbons (Fsp3) is 0.280. The molecule has 0 saturated carbocycles. The van der Waals surface area contributed by atoms with Crippen LogP contribution in [0.4, 0.5) is 8.78 Å². The SMILES string of the molecule is Cc1nn(Cc2ccc(-c3ccc(Cl)cc3)cc2)cc1C(=O)NCC(=O)N1CC(F)(F)C[C@H]1C#N. The van der Waals surface area contributed by atoms with Gasteiger partial charge in [-0.05, 0) is 35.7 Å². The Balaban J connectivity index is 1.36. The third-order valence-corrected chi connectivity index (χ3v) is 6.06. The van der Waals surface area contributed by atoms with Crippen molar-refractivity contribution in [3.8, 4) is 17.2 Å². The number of likely N-dealkylation sites (tertiary alicyclic amines) is 1. The molecule has 1 aliphatic rings. The molecular weight excluding hydrogens is 476 g/mol. The molecule has 2 heterocycles. The number of aryl methyl sites for hydroxylation is 1. The van der Waals surface area contributed by atoms with Gasteiger partial charge in [0.2, 0.25) is 5.91 Å². The van der Waals surface area contributed by atoms with Gasteiger partial charge in [0.05, 0.1) is 37.0 Å². The lowest BCUT2D eigenvalue weighted by Gasteiger charge is -2.19. The monoisotopic (exact) mass is 497 g/mol. The van der Waals surface area contributed by atoms with Gasteiger partial charge in [-0.2, -0.15) is 10.4 Å². The minimum atomic E-state index is -3.11. The fourth-order valence-electron chi connectivity index (χ4n) is 4.00. The first kappa shape index (κ1) is 24.4. The fourth-order valence-corrected chi connectivity index (χ4v) is 4.13. The quantitative estimate of drug-likeness (QED) is 0.556. The van der Waals surface area contributed by atoms with Crippen LogP contribution in [-0.4, -0.2) is 51.5 Å². The summed E-state index contributed by atoms with van der Waals surface area (Å²) in [6.45, 7) is 0.793. The van der Waals surface area contributed by atoms with Crippen molar-refractivity contribution in [2.75, 3.05) is 13.1 Å². The van der Waals surface area contributed by atoms with E-state index in [0.29, 0.717) is 17.3 Å². The summed E-state index contributed by atoms with van der Waals surface area (Å²) in [4.78, 5) is 25.7. The van der Waals surface area contributed by atoms with Crippen molar-refractivity contribution in [1.29, 1.82) is 5.26 Å². The second-order valence-electron chi connectivity index (χ2n) is 8.44. The zero-order chi connectivity index (χ0) is 25.2. The van der Waals surface area contributed by atoms with E-state index < -0.39 is 43.3 Å². The van der Waals surface area contributed by atoms with Crippen LogP contribution in [0.5, 0.6) is 0 Å². The van der Waals surface area contributed by atoms with Crippen molar-refractivity contribution < 1.29 is 18.4 Å². The van der Waals surface area contributed by atoms with E-state index in [0.717, 1.165) is 21.6 Å². The molecule has 0 radical (unpaired) electrons. The maximum Gasteiger partial charge on any atom is 0.268 e. The van der Waals surface area contributed by atoms with Gasteiger partial charge in [-0.15, -0.1) is 0 Å². The van der Waals surface area contributed by atoms with Crippen LogP contribution in [0.1, 0.15) is 28.0 Å². The van der Waals surface area contributed by atoms with Crippen LogP contribution in [-0.2, 0) is 11.3 Å². The van der Waals surface area contributed by atoms with Gasteiger partial charge in [-0.3, -0.25) is 14.3 Å². The molecule has 7 nitrogen and oxygen atoms in total. The van der Waals surface area contributed by atoms with Crippen LogP contribution in [0.25, 0.3) is 11.1 Å². The van der Waals surface area contributed by atoms with E-state index in [9.17, 15) is 18.4 Å². The van der Waals surface area contributed by atoms with Crippen LogP contribution in [0, 0.1) is 18.3 Å². The standard InChI is InChI=1S/C25H22ClF2N5O2/c1-16-22(24(35)30-12-23(34)33-15-25(27,28)10-21(33)11-29)14-32(31-16)13-17-2-4-18(5-3-17)19-6-8-20(26)9-7-19/h2-9,14,21H,10,12-13,15H2,1H3,(H,30,35)/t21-/m0/s1. The van der Waals surface area contributed by atoms with Gasteiger partial charge >= 0.3 is 0 Å². The molecule has 1 aromatic heterocycles. The number of benzene rings is 2. The second kappa shape index (κ2) is 9.84. The number of rotatable bonds is 6. The van der Waals surface area contributed by atoms with Crippen molar-refractivity contribution >= 4 is 23.4 Å². The van der Waals surface area contributed by atoms with E-state index >= 15 is 0 Å². The molecule has 4 rings (SSSR count). The number of alkyl halides is 2. The van der Waals surface area contributed by atoms with Crippen molar-refractivity contribution in [2.24, 2.45) is 0 Å². The Morgan fingerprint density at radius 1 is 1.17 bits per heavy atom. The van der Waals surface area contributed by atoms with Gasteiger partial charge in [-0.1, -0.05) is 48.0 Å². The van der Waals surface area contributed by atoms with Gasteiger partial charge in [0.1, 0.15) is 6.04 Å². The van der Waals surface area contributed by atoms with Crippen LogP contribution in [0.15, 0.2) is 54.7 Å². The third-order valence-electron chi connectivity index (χ3n) is 5.81. The molecular formula is C25H22ClF2N5O2. The summed E-state index contributed by atoms with van der Waals surface area (Å²) in [6.07, 6.45) is 0.875. The number of nitrogens with one attached hydrogen (secondary N) is 1. The normalized spacial score (nSPS) is 16.7. The van der Waals surface area contributed by atoms with Gasteiger partial charge in [-0.25, -0.2) is 8.78 Å². The summed E-state index contributed by atoms with van der Waals surface area (Å²) in [5, 5.41) is 16.5. The summed E-state index contributed by atoms with van der Waals surface area (Å²) in [5.41, 5.74) is 3.81. The lowest BCUT2D eigenvalue weighted by molar-refractivity contribution is -0.131. The first-order valence-electron chi connectivity index (χ1n) is 10.9. The predicted molar refractivity (Wildman–Crippen MR) is 126 cm³/mol. The zero-order valence-corrected chi connectivity index (χ0v) is 19.6. The highest BCUT2D eigenvalue weighted by molar-refractivity contribution is 6.30. The van der Waals surface area contributed by atoms with Gasteiger partial charge in [0, 0.05) is 17.6 Å². The summed E-state index contributed by atoms with van der Waals surface area (Å²) >= 11 is 5.94. The summed E-state index contributed by atoms with van der Waals surface area (Å²) < 4.78 is 28.8. The molecule has 1 atom stereocenters. The van der Waals surface area contributed by atoms with Crippen LogP contribution in [0.3, 0.4) is 0 Å². The molecule has 1 saturated heterocycles. The minimum absolute atomic E-state index is 0.277. The van der Waals surface area contributed by atoms with Crippen molar-refractivity contribution in [3.63, 3.8) is 0 Å². The van der Waals surface area contributed by atoms with E-state index in [-0.39, 0.29) is 5.56 Å². The van der Waals surface area contributed by atoms with Crippen LogP contribution < -0.4 is 5.32 Å². The van der Waals surface area contributed by atoms with Gasteiger partial charge < -0.3 is 10.2 Å². The molecule has 35 heavy (non-hydrogen) atoms. The first-order chi connectivity index (χ1) is 16.6. The number of aromatic nitrogens is 2. The molecule has 1 aliphatic heterocycles. The summed E-state index contributed by atoms with van der Waals surface area (Å²) in [5.74, 6) is -4.38. The second-order valence-corrected chi connectivity index (χ2v) is 8.88. The summed E-state index contributed by atoms with van der Waals surface area (Å²) in [6, 6.07) is 16.0. The average Bonchev–Trinajstić information content (AvgIpc) is 3.36. The Morgan fingerprint density at radius 2 is 1.80 bits per heavy atom. The first-order valence-corrected chi connectivity index (χ1v) is 11.3. The van der Waals surface area contributed by atoms with E-state index in [4.69, 9.17) is 16.9 Å². The molecule has 0 bridgehead atoms. The lowest BCUT2D eigenvalue weighted by Crippen LogP contribution is -2.43. The molecule has 2 amide bonds. The van der Waals surface area contributed by atoms with Crippen LogP contribution in [0.2, 0.25) is 5.02 Å². The highest BCUT2D eigenvalue weighted by Crippen LogP contribution is 2.31. The number of hydrogen-bond acceptors (Lipinski definition) is 4. The molecule has 0 aliphatic carbocycles. The van der Waals surface area contributed by atoms with E-state index in [1.54, 1.807) is 23.9 Å². The predicted octanol–water partition coefficient (Wildman–Crippen LogP) is 4.05. The Labute approximate surface area is 205 Å². The molecule has 180 valence electrons. The maximum absolute atomic E-state index is 13.6. The molecule has 1 N–H and O–H groups in total. The molecule has 0 unspecified atom stereocenters. The number of nitrogens with zero attached hydrogens (tertiary/aromatic N) is 4. The Bertz CT molecular complexity index is 1280. The van der Waals surface area contributed by atoms with E-state index in [1.807, 2.05) is 48.5 Å². The Kier molecular flexibility index (Phi) is 6.85.